The lowest BCUT2D eigenvalue weighted by atomic mass is 9.80. The van der Waals surface area contributed by atoms with Gasteiger partial charge >= 0.3 is 0 Å². The van der Waals surface area contributed by atoms with Crippen LogP contribution < -0.4 is 11.1 Å². The molecule has 1 aliphatic rings. The lowest BCUT2D eigenvalue weighted by Gasteiger charge is -2.26. The molecule has 1 heterocycles. The van der Waals surface area contributed by atoms with Crippen molar-refractivity contribution in [3.05, 3.63) is 36.0 Å². The van der Waals surface area contributed by atoms with Gasteiger partial charge in [-0.25, -0.2) is 0 Å². The van der Waals surface area contributed by atoms with Crippen LogP contribution in [0.4, 0.5) is 0 Å². The van der Waals surface area contributed by atoms with E-state index in [1.165, 1.54) is 62.3 Å². The quantitative estimate of drug-likeness (QED) is 0.468. The number of nitrogens with two attached hydrogens (primary N) is 1. The van der Waals surface area contributed by atoms with E-state index in [-0.39, 0.29) is 0 Å². The minimum Gasteiger partial charge on any atom is -0.344 e. The second-order valence-corrected chi connectivity index (χ2v) is 8.66. The zero-order chi connectivity index (χ0) is 19.8. The van der Waals surface area contributed by atoms with Gasteiger partial charge in [0.15, 0.2) is 0 Å². The number of nitrogens with zero attached hydrogens (tertiary/aromatic N) is 1. The Morgan fingerprint density at radius 1 is 1.07 bits per heavy atom. The molecule has 0 aliphatic heterocycles. The third-order valence-electron chi connectivity index (χ3n) is 6.95. The Balaban J connectivity index is 1.89. The smallest absolute Gasteiger partial charge is 0.0485 e. The Hall–Kier alpha value is -1.32. The molecule has 1 aromatic heterocycles. The topological polar surface area (TPSA) is 43.0 Å². The number of fused-ring (bicyclic) bond motifs is 1. The normalized spacial score (nSPS) is 16.9. The third kappa shape index (κ3) is 4.99. The summed E-state index contributed by atoms with van der Waals surface area (Å²) in [6.07, 6.45) is 14.2. The lowest BCUT2D eigenvalue weighted by Crippen LogP contribution is -2.23. The van der Waals surface area contributed by atoms with Gasteiger partial charge in [-0.2, -0.15) is 0 Å². The molecule has 1 fully saturated rings. The van der Waals surface area contributed by atoms with Gasteiger partial charge in [-0.3, -0.25) is 0 Å². The first-order valence-electron chi connectivity index (χ1n) is 11.8. The molecule has 0 amide bonds. The summed E-state index contributed by atoms with van der Waals surface area (Å²) < 4.78 is 2.64. The van der Waals surface area contributed by atoms with E-state index >= 15 is 0 Å². The largest absolute Gasteiger partial charge is 0.344 e. The van der Waals surface area contributed by atoms with Crippen LogP contribution >= 0.6 is 0 Å². The number of rotatable bonds is 11. The number of aromatic nitrogens is 1. The average Bonchev–Trinajstić information content (AvgIpc) is 3.13. The Morgan fingerprint density at radius 3 is 2.54 bits per heavy atom. The third-order valence-corrected chi connectivity index (χ3v) is 6.95. The van der Waals surface area contributed by atoms with Gasteiger partial charge in [0.2, 0.25) is 0 Å². The van der Waals surface area contributed by atoms with Crippen LogP contribution in [0.5, 0.6) is 0 Å². The van der Waals surface area contributed by atoms with Crippen molar-refractivity contribution in [3.8, 4) is 0 Å². The van der Waals surface area contributed by atoms with Crippen molar-refractivity contribution in [1.82, 2.24) is 9.88 Å². The summed E-state index contributed by atoms with van der Waals surface area (Å²) in [6.45, 7) is 7.63. The van der Waals surface area contributed by atoms with E-state index in [1.807, 2.05) is 0 Å². The standard InChI is InChI=1S/C25H41N3/c1-3-20(4-2)22(15-18-27-17-10-16-26)24-19-28(21-11-6-5-7-12-21)25-14-9-8-13-23(24)25/h8-9,13-14,19-22,27H,3-7,10-12,15-18,26H2,1-2H3. The van der Waals surface area contributed by atoms with Crippen LogP contribution in [0.15, 0.2) is 30.5 Å². The first-order chi connectivity index (χ1) is 13.8. The highest BCUT2D eigenvalue weighted by Gasteiger charge is 2.26. The molecule has 1 unspecified atom stereocenters. The van der Waals surface area contributed by atoms with E-state index in [1.54, 1.807) is 5.56 Å². The van der Waals surface area contributed by atoms with Crippen LogP contribution in [0.25, 0.3) is 10.9 Å². The molecule has 28 heavy (non-hydrogen) atoms. The SMILES string of the molecule is CCC(CC)C(CCNCCCN)c1cn(C2CCCCC2)c2ccccc12. The molecule has 0 spiro atoms. The van der Waals surface area contributed by atoms with Gasteiger partial charge in [0.1, 0.15) is 0 Å². The molecular formula is C25H41N3. The Labute approximate surface area is 172 Å². The number of para-hydroxylation sites is 1. The summed E-state index contributed by atoms with van der Waals surface area (Å²) in [7, 11) is 0. The van der Waals surface area contributed by atoms with Crippen LogP contribution in [-0.2, 0) is 0 Å². The van der Waals surface area contributed by atoms with Crippen molar-refractivity contribution in [2.45, 2.75) is 83.6 Å². The van der Waals surface area contributed by atoms with Gasteiger partial charge in [0, 0.05) is 23.1 Å². The second kappa shape index (κ2) is 11.0. The van der Waals surface area contributed by atoms with E-state index < -0.39 is 0 Å². The summed E-state index contributed by atoms with van der Waals surface area (Å²) in [5.41, 5.74) is 8.69. The molecule has 0 bridgehead atoms. The maximum absolute atomic E-state index is 5.65. The van der Waals surface area contributed by atoms with Crippen molar-refractivity contribution in [2.75, 3.05) is 19.6 Å². The zero-order valence-corrected chi connectivity index (χ0v) is 18.1. The minimum atomic E-state index is 0.634. The predicted molar refractivity (Wildman–Crippen MR) is 122 cm³/mol. The predicted octanol–water partition coefficient (Wildman–Crippen LogP) is 5.99. The molecule has 3 nitrogen and oxygen atoms in total. The fourth-order valence-corrected chi connectivity index (χ4v) is 5.30. The fourth-order valence-electron chi connectivity index (χ4n) is 5.30. The monoisotopic (exact) mass is 383 g/mol. The molecule has 0 saturated heterocycles. The molecule has 1 saturated carbocycles. The highest BCUT2D eigenvalue weighted by molar-refractivity contribution is 5.84. The van der Waals surface area contributed by atoms with E-state index in [2.05, 4.69) is 54.2 Å². The summed E-state index contributed by atoms with van der Waals surface area (Å²) in [4.78, 5) is 0. The summed E-state index contributed by atoms with van der Waals surface area (Å²) in [5, 5.41) is 5.11. The number of nitrogens with one attached hydrogen (secondary N) is 1. The molecule has 3 rings (SSSR count). The molecule has 0 radical (unpaired) electrons. The molecule has 1 aliphatic carbocycles. The first kappa shape index (κ1) is 21.4. The van der Waals surface area contributed by atoms with Crippen molar-refractivity contribution in [2.24, 2.45) is 11.7 Å². The molecule has 1 atom stereocenters. The van der Waals surface area contributed by atoms with Crippen LogP contribution in [0.3, 0.4) is 0 Å². The Kier molecular flexibility index (Phi) is 8.42. The van der Waals surface area contributed by atoms with Crippen molar-refractivity contribution in [1.29, 1.82) is 0 Å². The van der Waals surface area contributed by atoms with Gasteiger partial charge < -0.3 is 15.6 Å². The molecule has 156 valence electrons. The Bertz CT molecular complexity index is 695. The van der Waals surface area contributed by atoms with E-state index in [9.17, 15) is 0 Å². The van der Waals surface area contributed by atoms with Gasteiger partial charge in [0.05, 0.1) is 0 Å². The first-order valence-corrected chi connectivity index (χ1v) is 11.8. The molecular weight excluding hydrogens is 342 g/mol. The maximum Gasteiger partial charge on any atom is 0.0485 e. The second-order valence-electron chi connectivity index (χ2n) is 8.66. The maximum atomic E-state index is 5.65. The van der Waals surface area contributed by atoms with Crippen molar-refractivity contribution >= 4 is 10.9 Å². The average molecular weight is 384 g/mol. The zero-order valence-electron chi connectivity index (χ0n) is 18.1. The van der Waals surface area contributed by atoms with Crippen molar-refractivity contribution in [3.63, 3.8) is 0 Å². The summed E-state index contributed by atoms with van der Waals surface area (Å²) >= 11 is 0. The molecule has 2 aromatic rings. The van der Waals surface area contributed by atoms with Crippen LogP contribution in [0.1, 0.15) is 89.2 Å². The Morgan fingerprint density at radius 2 is 1.82 bits per heavy atom. The number of benzene rings is 1. The minimum absolute atomic E-state index is 0.634. The van der Waals surface area contributed by atoms with Gasteiger partial charge in [-0.1, -0.05) is 64.2 Å². The highest BCUT2D eigenvalue weighted by atomic mass is 15.0. The van der Waals surface area contributed by atoms with Gasteiger partial charge in [0.25, 0.3) is 0 Å². The highest BCUT2D eigenvalue weighted by Crippen LogP contribution is 2.40. The van der Waals surface area contributed by atoms with Crippen molar-refractivity contribution < 1.29 is 0 Å². The molecule has 3 heteroatoms. The summed E-state index contributed by atoms with van der Waals surface area (Å²) in [5.74, 6) is 1.39. The number of hydrogen-bond donors (Lipinski definition) is 2. The molecule has 1 aromatic carbocycles. The van der Waals surface area contributed by atoms with E-state index in [0.29, 0.717) is 12.0 Å². The number of hydrogen-bond acceptors (Lipinski definition) is 2. The van der Waals surface area contributed by atoms with Crippen LogP contribution in [0.2, 0.25) is 0 Å². The van der Waals surface area contributed by atoms with E-state index in [0.717, 1.165) is 32.0 Å². The lowest BCUT2D eigenvalue weighted by molar-refractivity contribution is 0.354. The summed E-state index contributed by atoms with van der Waals surface area (Å²) in [6, 6.07) is 9.84. The van der Waals surface area contributed by atoms with Crippen LogP contribution in [-0.4, -0.2) is 24.2 Å². The fraction of sp³-hybridized carbons (Fsp3) is 0.680. The van der Waals surface area contributed by atoms with Gasteiger partial charge in [-0.15, -0.1) is 0 Å². The van der Waals surface area contributed by atoms with Gasteiger partial charge in [-0.05, 0) is 68.8 Å². The van der Waals surface area contributed by atoms with E-state index in [4.69, 9.17) is 5.73 Å². The van der Waals surface area contributed by atoms with Crippen LogP contribution in [0, 0.1) is 5.92 Å². The molecule has 3 N–H and O–H groups in total.